The molecule has 0 amide bonds. The summed E-state index contributed by atoms with van der Waals surface area (Å²) in [5, 5.41) is 3.17. The number of rotatable bonds is 8. The fourth-order valence-corrected chi connectivity index (χ4v) is 3.22. The second kappa shape index (κ2) is 9.39. The Bertz CT molecular complexity index is 401. The molecule has 1 aromatic rings. The van der Waals surface area contributed by atoms with E-state index in [1.165, 1.54) is 4.90 Å². The van der Waals surface area contributed by atoms with Gasteiger partial charge in [0, 0.05) is 15.1 Å². The van der Waals surface area contributed by atoms with E-state index in [4.69, 9.17) is 4.74 Å². The Labute approximate surface area is 127 Å². The third kappa shape index (κ3) is 5.97. The quantitative estimate of drug-likeness (QED) is 0.578. The fourth-order valence-electron chi connectivity index (χ4n) is 1.64. The van der Waals surface area contributed by atoms with Crippen molar-refractivity contribution >= 4 is 33.7 Å². The molecule has 5 heteroatoms. The summed E-state index contributed by atoms with van der Waals surface area (Å²) >= 11 is 5.26. The fraction of sp³-hybridized carbons (Fsp3) is 0.500. The highest BCUT2D eigenvalue weighted by atomic mass is 79.9. The summed E-state index contributed by atoms with van der Waals surface area (Å²) in [5.74, 6) is 0.719. The molecule has 1 rings (SSSR count). The molecule has 0 heterocycles. The summed E-state index contributed by atoms with van der Waals surface area (Å²) in [5.41, 5.74) is 0. The van der Waals surface area contributed by atoms with Gasteiger partial charge >= 0.3 is 5.97 Å². The van der Waals surface area contributed by atoms with Crippen LogP contribution >= 0.6 is 27.7 Å². The van der Waals surface area contributed by atoms with Crippen LogP contribution < -0.4 is 5.32 Å². The molecule has 0 spiro atoms. The Morgan fingerprint density at radius 3 is 2.79 bits per heavy atom. The minimum absolute atomic E-state index is 0.155. The molecule has 1 atom stereocenters. The monoisotopic (exact) mass is 345 g/mol. The van der Waals surface area contributed by atoms with E-state index in [-0.39, 0.29) is 12.0 Å². The summed E-state index contributed by atoms with van der Waals surface area (Å²) in [6.07, 6.45) is 0.763. The molecule has 1 N–H and O–H groups in total. The van der Waals surface area contributed by atoms with Gasteiger partial charge in [-0.15, -0.1) is 11.8 Å². The van der Waals surface area contributed by atoms with Crippen LogP contribution in [0.3, 0.4) is 0 Å². The van der Waals surface area contributed by atoms with Gasteiger partial charge in [0.15, 0.2) is 0 Å². The number of likely N-dealkylation sites (N-methyl/N-ethyl adjacent to an activating group) is 1. The van der Waals surface area contributed by atoms with Crippen molar-refractivity contribution in [1.29, 1.82) is 0 Å². The Kier molecular flexibility index (Phi) is 8.18. The molecule has 0 aromatic heterocycles. The minimum atomic E-state index is -0.208. The molecule has 1 unspecified atom stereocenters. The molecule has 0 aliphatic rings. The van der Waals surface area contributed by atoms with E-state index in [0.29, 0.717) is 6.61 Å². The average molecular weight is 346 g/mol. The van der Waals surface area contributed by atoms with Crippen LogP contribution in [0.5, 0.6) is 0 Å². The molecule has 19 heavy (non-hydrogen) atoms. The lowest BCUT2D eigenvalue weighted by Gasteiger charge is -2.16. The van der Waals surface area contributed by atoms with E-state index in [0.717, 1.165) is 23.2 Å². The normalized spacial score (nSPS) is 12.2. The molecule has 0 saturated heterocycles. The van der Waals surface area contributed by atoms with Crippen LogP contribution in [0.1, 0.15) is 20.3 Å². The van der Waals surface area contributed by atoms with Gasteiger partial charge in [0.1, 0.15) is 6.04 Å². The predicted molar refractivity (Wildman–Crippen MR) is 83.6 cm³/mol. The Hall–Kier alpha value is -0.520. The number of esters is 1. The van der Waals surface area contributed by atoms with Gasteiger partial charge in [0.05, 0.1) is 6.61 Å². The lowest BCUT2D eigenvalue weighted by molar-refractivity contribution is -0.145. The minimum Gasteiger partial charge on any atom is -0.465 e. The predicted octanol–water partition coefficient (Wildman–Crippen LogP) is 3.47. The third-order valence-corrected chi connectivity index (χ3v) is 4.58. The molecule has 0 aliphatic heterocycles. The van der Waals surface area contributed by atoms with Crippen LogP contribution in [-0.4, -0.2) is 30.9 Å². The average Bonchev–Trinajstić information content (AvgIpc) is 2.40. The first-order valence-electron chi connectivity index (χ1n) is 6.46. The van der Waals surface area contributed by atoms with Crippen molar-refractivity contribution in [2.45, 2.75) is 31.2 Å². The number of benzene rings is 1. The Morgan fingerprint density at radius 1 is 1.42 bits per heavy atom. The van der Waals surface area contributed by atoms with Gasteiger partial charge in [0.2, 0.25) is 0 Å². The summed E-state index contributed by atoms with van der Waals surface area (Å²) in [6, 6.07) is 7.89. The maximum Gasteiger partial charge on any atom is 0.323 e. The van der Waals surface area contributed by atoms with E-state index >= 15 is 0 Å². The van der Waals surface area contributed by atoms with Crippen molar-refractivity contribution < 1.29 is 9.53 Å². The maximum absolute atomic E-state index is 11.7. The standard InChI is InChI=1S/C14H20BrNO2S/c1-3-16-12(14(17)18-4-2)9-10-19-13-8-6-5-7-11(13)15/h5-8,12,16H,3-4,9-10H2,1-2H3. The van der Waals surface area contributed by atoms with Gasteiger partial charge in [-0.05, 0) is 48.0 Å². The van der Waals surface area contributed by atoms with Crippen LogP contribution in [0.25, 0.3) is 0 Å². The van der Waals surface area contributed by atoms with E-state index in [2.05, 4.69) is 27.3 Å². The first-order valence-corrected chi connectivity index (χ1v) is 8.24. The van der Waals surface area contributed by atoms with Crippen LogP contribution in [-0.2, 0) is 9.53 Å². The number of ether oxygens (including phenoxy) is 1. The van der Waals surface area contributed by atoms with Crippen molar-refractivity contribution in [3.05, 3.63) is 28.7 Å². The molecule has 0 aliphatic carbocycles. The van der Waals surface area contributed by atoms with Crippen LogP contribution in [0, 0.1) is 0 Å². The van der Waals surface area contributed by atoms with E-state index in [1.54, 1.807) is 11.8 Å². The summed E-state index contributed by atoms with van der Waals surface area (Å²) in [4.78, 5) is 12.9. The number of nitrogens with one attached hydrogen (secondary N) is 1. The highest BCUT2D eigenvalue weighted by Crippen LogP contribution is 2.27. The van der Waals surface area contributed by atoms with E-state index < -0.39 is 0 Å². The van der Waals surface area contributed by atoms with Gasteiger partial charge in [-0.1, -0.05) is 19.1 Å². The zero-order valence-electron chi connectivity index (χ0n) is 11.3. The van der Waals surface area contributed by atoms with Gasteiger partial charge in [0.25, 0.3) is 0 Å². The van der Waals surface area contributed by atoms with Crippen molar-refractivity contribution in [1.82, 2.24) is 5.32 Å². The van der Waals surface area contributed by atoms with Gasteiger partial charge < -0.3 is 10.1 Å². The lowest BCUT2D eigenvalue weighted by Crippen LogP contribution is -2.38. The highest BCUT2D eigenvalue weighted by Gasteiger charge is 2.18. The summed E-state index contributed by atoms with van der Waals surface area (Å²) in [7, 11) is 0. The highest BCUT2D eigenvalue weighted by molar-refractivity contribution is 9.10. The number of halogens is 1. The second-order valence-corrected chi connectivity index (χ2v) is 5.92. The largest absolute Gasteiger partial charge is 0.465 e. The molecule has 3 nitrogen and oxygen atoms in total. The SMILES string of the molecule is CCNC(CCSc1ccccc1Br)C(=O)OCC. The van der Waals surface area contributed by atoms with Crippen LogP contribution in [0.4, 0.5) is 0 Å². The summed E-state index contributed by atoms with van der Waals surface area (Å²) in [6.45, 7) is 5.02. The molecule has 0 bridgehead atoms. The van der Waals surface area contributed by atoms with Crippen LogP contribution in [0.2, 0.25) is 0 Å². The third-order valence-electron chi connectivity index (χ3n) is 2.52. The lowest BCUT2D eigenvalue weighted by atomic mass is 10.2. The van der Waals surface area contributed by atoms with Crippen molar-refractivity contribution in [3.63, 3.8) is 0 Å². The maximum atomic E-state index is 11.7. The zero-order valence-corrected chi connectivity index (χ0v) is 13.7. The van der Waals surface area contributed by atoms with E-state index in [1.807, 2.05) is 32.0 Å². The first-order chi connectivity index (χ1) is 9.19. The summed E-state index contributed by atoms with van der Waals surface area (Å²) < 4.78 is 6.16. The van der Waals surface area contributed by atoms with Gasteiger partial charge in [-0.25, -0.2) is 0 Å². The molecular weight excluding hydrogens is 326 g/mol. The number of hydrogen-bond acceptors (Lipinski definition) is 4. The topological polar surface area (TPSA) is 38.3 Å². The van der Waals surface area contributed by atoms with E-state index in [9.17, 15) is 4.79 Å². The molecule has 106 valence electrons. The molecule has 0 saturated carbocycles. The molecule has 1 aromatic carbocycles. The number of thioether (sulfide) groups is 1. The van der Waals surface area contributed by atoms with Gasteiger partial charge in [-0.3, -0.25) is 4.79 Å². The van der Waals surface area contributed by atoms with Crippen molar-refractivity contribution in [3.8, 4) is 0 Å². The zero-order chi connectivity index (χ0) is 14.1. The Morgan fingerprint density at radius 2 is 2.16 bits per heavy atom. The van der Waals surface area contributed by atoms with Crippen molar-refractivity contribution in [2.24, 2.45) is 0 Å². The first kappa shape index (κ1) is 16.5. The van der Waals surface area contributed by atoms with Crippen molar-refractivity contribution in [2.75, 3.05) is 18.9 Å². The van der Waals surface area contributed by atoms with Crippen LogP contribution in [0.15, 0.2) is 33.6 Å². The van der Waals surface area contributed by atoms with Gasteiger partial charge in [-0.2, -0.15) is 0 Å². The molecular formula is C14H20BrNO2S. The smallest absolute Gasteiger partial charge is 0.323 e. The number of hydrogen-bond donors (Lipinski definition) is 1. The number of carbonyl (C=O) groups excluding carboxylic acids is 1. The molecule has 0 fully saturated rings. The second-order valence-electron chi connectivity index (χ2n) is 3.93. The molecule has 0 radical (unpaired) electrons. The number of carbonyl (C=O) groups is 1. The Balaban J connectivity index is 2.44.